The number of benzene rings is 2. The van der Waals surface area contributed by atoms with Gasteiger partial charge in [-0.15, -0.1) is 0 Å². The van der Waals surface area contributed by atoms with Crippen molar-refractivity contribution in [3.05, 3.63) is 60.2 Å². The van der Waals surface area contributed by atoms with Crippen LogP contribution in [0, 0.1) is 0 Å². The van der Waals surface area contributed by atoms with Gasteiger partial charge in [-0.25, -0.2) is 0 Å². The standard InChI is InChI=1S/C16H17NO3S/c1-2-20-16(19)15(18)12-7-6-8-13(11-12)17-21-14-9-4-3-5-10-14/h3-11,16-17,19H,2H2,1H3. The van der Waals surface area contributed by atoms with Crippen molar-refractivity contribution in [3.8, 4) is 0 Å². The second-order valence-electron chi connectivity index (χ2n) is 4.27. The van der Waals surface area contributed by atoms with Crippen molar-refractivity contribution in [1.82, 2.24) is 0 Å². The highest BCUT2D eigenvalue weighted by Crippen LogP contribution is 2.21. The maximum absolute atomic E-state index is 12.0. The Morgan fingerprint density at radius 2 is 2.00 bits per heavy atom. The Hall–Kier alpha value is -1.82. The lowest BCUT2D eigenvalue weighted by Gasteiger charge is -2.11. The summed E-state index contributed by atoms with van der Waals surface area (Å²) in [4.78, 5) is 13.0. The first-order valence-corrected chi connectivity index (χ1v) is 7.44. The molecule has 0 amide bonds. The zero-order valence-corrected chi connectivity index (χ0v) is 12.5. The molecule has 0 saturated heterocycles. The third-order valence-electron chi connectivity index (χ3n) is 2.73. The summed E-state index contributed by atoms with van der Waals surface area (Å²) in [5, 5.41) is 9.57. The van der Waals surface area contributed by atoms with Crippen LogP contribution < -0.4 is 4.72 Å². The van der Waals surface area contributed by atoms with Gasteiger partial charge in [0.25, 0.3) is 0 Å². The van der Waals surface area contributed by atoms with E-state index in [9.17, 15) is 9.90 Å². The number of aliphatic hydroxyl groups excluding tert-OH is 1. The van der Waals surface area contributed by atoms with Crippen LogP contribution in [-0.2, 0) is 4.74 Å². The van der Waals surface area contributed by atoms with E-state index in [-0.39, 0.29) is 6.61 Å². The SMILES string of the molecule is CCOC(O)C(=O)c1cccc(NSc2ccccc2)c1. The van der Waals surface area contributed by atoms with Crippen molar-refractivity contribution in [1.29, 1.82) is 0 Å². The third kappa shape index (κ3) is 4.60. The average molecular weight is 303 g/mol. The van der Waals surface area contributed by atoms with Crippen LogP contribution in [0.3, 0.4) is 0 Å². The van der Waals surface area contributed by atoms with Crippen molar-refractivity contribution >= 4 is 23.4 Å². The van der Waals surface area contributed by atoms with Crippen LogP contribution in [0.4, 0.5) is 5.69 Å². The van der Waals surface area contributed by atoms with E-state index in [4.69, 9.17) is 4.74 Å². The van der Waals surface area contributed by atoms with E-state index in [1.54, 1.807) is 25.1 Å². The van der Waals surface area contributed by atoms with Gasteiger partial charge in [-0.2, -0.15) is 0 Å². The highest BCUT2D eigenvalue weighted by molar-refractivity contribution is 8.00. The van der Waals surface area contributed by atoms with Crippen molar-refractivity contribution in [2.24, 2.45) is 0 Å². The number of ketones is 1. The first kappa shape index (κ1) is 15.6. The molecule has 0 aliphatic rings. The van der Waals surface area contributed by atoms with Gasteiger partial charge in [0, 0.05) is 22.8 Å². The minimum Gasteiger partial charge on any atom is -0.362 e. The number of rotatable bonds is 7. The lowest BCUT2D eigenvalue weighted by molar-refractivity contribution is -0.0674. The maximum Gasteiger partial charge on any atom is 0.220 e. The predicted octanol–water partition coefficient (Wildman–Crippen LogP) is 3.34. The number of carbonyl (C=O) groups is 1. The van der Waals surface area contributed by atoms with Gasteiger partial charge < -0.3 is 14.6 Å². The summed E-state index contributed by atoms with van der Waals surface area (Å²) in [6.45, 7) is 2.01. The van der Waals surface area contributed by atoms with E-state index in [1.165, 1.54) is 11.9 Å². The molecule has 0 fully saturated rings. The van der Waals surface area contributed by atoms with Crippen LogP contribution in [0.25, 0.3) is 0 Å². The molecular weight excluding hydrogens is 286 g/mol. The molecule has 4 nitrogen and oxygen atoms in total. The Labute approximate surface area is 128 Å². The fraction of sp³-hybridized carbons (Fsp3) is 0.188. The zero-order chi connectivity index (χ0) is 15.1. The first-order valence-electron chi connectivity index (χ1n) is 6.62. The molecule has 0 aliphatic carbocycles. The molecule has 110 valence electrons. The molecule has 0 spiro atoms. The third-order valence-corrected chi connectivity index (χ3v) is 3.57. The molecule has 0 saturated carbocycles. The number of carbonyl (C=O) groups excluding carboxylic acids is 1. The minimum absolute atomic E-state index is 0.286. The molecule has 2 N–H and O–H groups in total. The molecule has 5 heteroatoms. The molecule has 0 aromatic heterocycles. The number of ether oxygens (including phenoxy) is 1. The second-order valence-corrected chi connectivity index (χ2v) is 5.15. The summed E-state index contributed by atoms with van der Waals surface area (Å²) in [7, 11) is 0. The highest BCUT2D eigenvalue weighted by atomic mass is 32.2. The molecule has 21 heavy (non-hydrogen) atoms. The summed E-state index contributed by atoms with van der Waals surface area (Å²) in [5.41, 5.74) is 1.20. The number of nitrogens with one attached hydrogen (secondary N) is 1. The van der Waals surface area contributed by atoms with Crippen LogP contribution in [0.15, 0.2) is 59.5 Å². The smallest absolute Gasteiger partial charge is 0.220 e. The largest absolute Gasteiger partial charge is 0.362 e. The highest BCUT2D eigenvalue weighted by Gasteiger charge is 2.17. The van der Waals surface area contributed by atoms with E-state index < -0.39 is 12.1 Å². The Bertz CT molecular complexity index is 589. The van der Waals surface area contributed by atoms with Crippen LogP contribution in [0.2, 0.25) is 0 Å². The summed E-state index contributed by atoms with van der Waals surface area (Å²) in [6, 6.07) is 16.8. The number of Topliss-reactive ketones (excluding diaryl/α,β-unsaturated/α-hetero) is 1. The summed E-state index contributed by atoms with van der Waals surface area (Å²) in [6.07, 6.45) is -1.41. The Morgan fingerprint density at radius 3 is 2.71 bits per heavy atom. The summed E-state index contributed by atoms with van der Waals surface area (Å²) in [5.74, 6) is -0.440. The van der Waals surface area contributed by atoms with Crippen molar-refractivity contribution in [2.75, 3.05) is 11.3 Å². The van der Waals surface area contributed by atoms with E-state index >= 15 is 0 Å². The van der Waals surface area contributed by atoms with Gasteiger partial charge >= 0.3 is 0 Å². The van der Waals surface area contributed by atoms with Gasteiger partial charge in [0.15, 0.2) is 0 Å². The molecule has 0 heterocycles. The van der Waals surface area contributed by atoms with Gasteiger partial charge in [-0.3, -0.25) is 4.79 Å². The number of hydrogen-bond donors (Lipinski definition) is 2. The van der Waals surface area contributed by atoms with Gasteiger partial charge in [0.05, 0.1) is 0 Å². The number of aliphatic hydroxyl groups is 1. The molecule has 0 radical (unpaired) electrons. The lowest BCUT2D eigenvalue weighted by atomic mass is 10.1. The fourth-order valence-electron chi connectivity index (χ4n) is 1.72. The normalized spacial score (nSPS) is 11.9. The lowest BCUT2D eigenvalue weighted by Crippen LogP contribution is -2.23. The molecule has 1 atom stereocenters. The minimum atomic E-state index is -1.41. The summed E-state index contributed by atoms with van der Waals surface area (Å²) < 4.78 is 8.08. The average Bonchev–Trinajstić information content (AvgIpc) is 2.54. The van der Waals surface area contributed by atoms with E-state index in [0.717, 1.165) is 10.6 Å². The van der Waals surface area contributed by atoms with E-state index in [2.05, 4.69) is 4.72 Å². The number of hydrogen-bond acceptors (Lipinski definition) is 5. The van der Waals surface area contributed by atoms with Gasteiger partial charge in [-0.05, 0) is 43.1 Å². The van der Waals surface area contributed by atoms with E-state index in [0.29, 0.717) is 5.56 Å². The van der Waals surface area contributed by atoms with Crippen LogP contribution in [0.1, 0.15) is 17.3 Å². The monoisotopic (exact) mass is 303 g/mol. The number of anilines is 1. The quantitative estimate of drug-likeness (QED) is 0.467. The molecule has 2 rings (SSSR count). The van der Waals surface area contributed by atoms with Crippen LogP contribution in [-0.4, -0.2) is 23.8 Å². The van der Waals surface area contributed by atoms with Crippen molar-refractivity contribution in [3.63, 3.8) is 0 Å². The molecule has 0 aliphatic heterocycles. The zero-order valence-electron chi connectivity index (χ0n) is 11.7. The molecule has 2 aromatic carbocycles. The Balaban J connectivity index is 2.02. The topological polar surface area (TPSA) is 58.6 Å². The van der Waals surface area contributed by atoms with Crippen LogP contribution >= 0.6 is 11.9 Å². The molecular formula is C16H17NO3S. The first-order chi connectivity index (χ1) is 10.2. The Kier molecular flexibility index (Phi) is 5.80. The molecule has 1 unspecified atom stereocenters. The van der Waals surface area contributed by atoms with Gasteiger partial charge in [0.1, 0.15) is 0 Å². The van der Waals surface area contributed by atoms with Crippen LogP contribution in [0.5, 0.6) is 0 Å². The summed E-state index contributed by atoms with van der Waals surface area (Å²) >= 11 is 1.46. The van der Waals surface area contributed by atoms with Crippen molar-refractivity contribution in [2.45, 2.75) is 18.1 Å². The maximum atomic E-state index is 12.0. The molecule has 2 aromatic rings. The molecule has 0 bridgehead atoms. The Morgan fingerprint density at radius 1 is 1.24 bits per heavy atom. The predicted molar refractivity (Wildman–Crippen MR) is 84.3 cm³/mol. The second kappa shape index (κ2) is 7.83. The van der Waals surface area contributed by atoms with E-state index in [1.807, 2.05) is 36.4 Å². The van der Waals surface area contributed by atoms with Gasteiger partial charge in [0.2, 0.25) is 12.1 Å². The fourth-order valence-corrected chi connectivity index (χ4v) is 2.37. The van der Waals surface area contributed by atoms with Crippen molar-refractivity contribution < 1.29 is 14.6 Å². The van der Waals surface area contributed by atoms with Gasteiger partial charge in [-0.1, -0.05) is 30.3 Å².